The molecule has 4 nitrogen and oxygen atoms in total. The first-order valence-electron chi connectivity index (χ1n) is 7.45. The van der Waals surface area contributed by atoms with E-state index < -0.39 is 10.0 Å². The molecule has 0 bridgehead atoms. The maximum absolute atomic E-state index is 12.5. The largest absolute Gasteiger partial charge is 0.495 e. The molecule has 3 rings (SSSR count). The molecule has 0 saturated carbocycles. The van der Waals surface area contributed by atoms with Crippen LogP contribution >= 0.6 is 22.9 Å². The van der Waals surface area contributed by atoms with E-state index in [4.69, 9.17) is 16.3 Å². The smallest absolute Gasteiger partial charge is 0.240 e. The topological polar surface area (TPSA) is 55.4 Å². The van der Waals surface area contributed by atoms with Gasteiger partial charge in [-0.1, -0.05) is 35.9 Å². The Morgan fingerprint density at radius 1 is 1.16 bits per heavy atom. The van der Waals surface area contributed by atoms with Crippen molar-refractivity contribution in [3.05, 3.63) is 69.9 Å². The van der Waals surface area contributed by atoms with E-state index >= 15 is 0 Å². The number of halogens is 1. The lowest BCUT2D eigenvalue weighted by atomic mass is 10.0. The van der Waals surface area contributed by atoms with Crippen LogP contribution in [-0.2, 0) is 16.6 Å². The van der Waals surface area contributed by atoms with Crippen LogP contribution in [0.3, 0.4) is 0 Å². The number of benzene rings is 2. The fraction of sp³-hybridized carbons (Fsp3) is 0.111. The summed E-state index contributed by atoms with van der Waals surface area (Å²) in [7, 11) is -2.20. The van der Waals surface area contributed by atoms with Gasteiger partial charge in [-0.2, -0.15) is 11.3 Å². The third-order valence-electron chi connectivity index (χ3n) is 3.74. The lowest BCUT2D eigenvalue weighted by Gasteiger charge is -2.11. The Bertz CT molecular complexity index is 970. The summed E-state index contributed by atoms with van der Waals surface area (Å²) in [5.74, 6) is 0.434. The van der Waals surface area contributed by atoms with Crippen LogP contribution in [0.2, 0.25) is 5.02 Å². The van der Waals surface area contributed by atoms with Crippen LogP contribution in [-0.4, -0.2) is 15.5 Å². The summed E-state index contributed by atoms with van der Waals surface area (Å²) in [6, 6.07) is 14.1. The van der Waals surface area contributed by atoms with Crippen LogP contribution in [0.4, 0.5) is 0 Å². The van der Waals surface area contributed by atoms with Gasteiger partial charge in [0.25, 0.3) is 0 Å². The number of hydrogen-bond acceptors (Lipinski definition) is 4. The van der Waals surface area contributed by atoms with Gasteiger partial charge in [0.05, 0.1) is 17.0 Å². The summed E-state index contributed by atoms with van der Waals surface area (Å²) in [5.41, 5.74) is 3.00. The van der Waals surface area contributed by atoms with E-state index in [0.29, 0.717) is 5.75 Å². The Morgan fingerprint density at radius 2 is 1.96 bits per heavy atom. The zero-order valence-corrected chi connectivity index (χ0v) is 15.8. The summed E-state index contributed by atoms with van der Waals surface area (Å²) in [6.07, 6.45) is 0. The molecule has 0 unspecified atom stereocenters. The van der Waals surface area contributed by atoms with Crippen molar-refractivity contribution < 1.29 is 13.2 Å². The molecule has 3 aromatic rings. The maximum Gasteiger partial charge on any atom is 0.240 e. The molecule has 0 amide bonds. The lowest BCUT2D eigenvalue weighted by molar-refractivity contribution is 0.414. The molecule has 2 aromatic carbocycles. The molecule has 0 spiro atoms. The van der Waals surface area contributed by atoms with Gasteiger partial charge in [-0.05, 0) is 51.7 Å². The van der Waals surface area contributed by atoms with Crippen molar-refractivity contribution in [2.75, 3.05) is 7.11 Å². The highest BCUT2D eigenvalue weighted by Crippen LogP contribution is 2.28. The van der Waals surface area contributed by atoms with E-state index in [2.05, 4.69) is 4.72 Å². The van der Waals surface area contributed by atoms with E-state index in [-0.39, 0.29) is 16.5 Å². The number of ether oxygens (including phenoxy) is 1. The fourth-order valence-electron chi connectivity index (χ4n) is 2.44. The van der Waals surface area contributed by atoms with E-state index in [1.54, 1.807) is 11.3 Å². The minimum atomic E-state index is -3.68. The highest BCUT2D eigenvalue weighted by Gasteiger charge is 2.17. The minimum absolute atomic E-state index is 0.103. The van der Waals surface area contributed by atoms with Crippen LogP contribution in [0.15, 0.2) is 64.2 Å². The van der Waals surface area contributed by atoms with Crippen LogP contribution in [0, 0.1) is 0 Å². The Labute approximate surface area is 156 Å². The van der Waals surface area contributed by atoms with Crippen molar-refractivity contribution in [3.63, 3.8) is 0 Å². The zero-order chi connectivity index (χ0) is 17.9. The quantitative estimate of drug-likeness (QED) is 0.668. The van der Waals surface area contributed by atoms with Crippen molar-refractivity contribution in [3.8, 4) is 16.9 Å². The molecule has 130 valence electrons. The Morgan fingerprint density at radius 3 is 2.64 bits per heavy atom. The molecule has 0 aliphatic carbocycles. The van der Waals surface area contributed by atoms with Gasteiger partial charge in [0.2, 0.25) is 10.0 Å². The van der Waals surface area contributed by atoms with Crippen LogP contribution in [0.1, 0.15) is 5.56 Å². The van der Waals surface area contributed by atoms with E-state index in [1.165, 1.54) is 25.3 Å². The van der Waals surface area contributed by atoms with E-state index in [1.807, 2.05) is 41.1 Å². The van der Waals surface area contributed by atoms with Crippen molar-refractivity contribution in [2.24, 2.45) is 0 Å². The predicted molar refractivity (Wildman–Crippen MR) is 102 cm³/mol. The highest BCUT2D eigenvalue weighted by molar-refractivity contribution is 7.89. The number of nitrogens with one attached hydrogen (secondary N) is 1. The highest BCUT2D eigenvalue weighted by atomic mass is 35.5. The molecule has 0 fully saturated rings. The second-order valence-corrected chi connectivity index (χ2v) is 8.24. The number of sulfonamides is 1. The number of thiophene rings is 1. The van der Waals surface area contributed by atoms with Crippen molar-refractivity contribution in [1.82, 2.24) is 4.72 Å². The maximum atomic E-state index is 12.5. The van der Waals surface area contributed by atoms with Crippen LogP contribution in [0.25, 0.3) is 11.1 Å². The van der Waals surface area contributed by atoms with Gasteiger partial charge < -0.3 is 4.74 Å². The third-order valence-corrected chi connectivity index (χ3v) is 6.11. The summed E-state index contributed by atoms with van der Waals surface area (Å²) in [4.78, 5) is 0.103. The molecule has 1 heterocycles. The van der Waals surface area contributed by atoms with E-state index in [0.717, 1.165) is 16.7 Å². The SMILES string of the molecule is COc1ccc(S(=O)(=O)NCc2ccccc2-c2ccsc2)cc1Cl. The average Bonchev–Trinajstić information content (AvgIpc) is 3.14. The Hall–Kier alpha value is -1.86. The lowest BCUT2D eigenvalue weighted by Crippen LogP contribution is -2.23. The first-order chi connectivity index (χ1) is 12.0. The monoisotopic (exact) mass is 393 g/mol. The molecular weight excluding hydrogens is 378 g/mol. The number of rotatable bonds is 6. The third kappa shape index (κ3) is 4.04. The fourth-order valence-corrected chi connectivity index (χ4v) is 4.45. The van der Waals surface area contributed by atoms with Gasteiger partial charge in [-0.3, -0.25) is 0 Å². The molecule has 0 saturated heterocycles. The molecule has 0 aliphatic rings. The molecule has 7 heteroatoms. The second kappa shape index (κ2) is 7.58. The standard InChI is InChI=1S/C18H16ClNO3S2/c1-23-18-7-6-15(10-17(18)19)25(21,22)20-11-13-4-2-3-5-16(13)14-8-9-24-12-14/h2-10,12,20H,11H2,1H3. The van der Waals surface area contributed by atoms with Gasteiger partial charge >= 0.3 is 0 Å². The van der Waals surface area contributed by atoms with Crippen LogP contribution < -0.4 is 9.46 Å². The summed E-state index contributed by atoms with van der Waals surface area (Å²) in [6.45, 7) is 0.192. The summed E-state index contributed by atoms with van der Waals surface area (Å²) >= 11 is 7.63. The van der Waals surface area contributed by atoms with Crippen LogP contribution in [0.5, 0.6) is 5.75 Å². The molecule has 25 heavy (non-hydrogen) atoms. The average molecular weight is 394 g/mol. The molecule has 1 N–H and O–H groups in total. The van der Waals surface area contributed by atoms with Crippen molar-refractivity contribution in [2.45, 2.75) is 11.4 Å². The molecular formula is C18H16ClNO3S2. The second-order valence-electron chi connectivity index (χ2n) is 5.29. The van der Waals surface area contributed by atoms with Gasteiger partial charge in [-0.15, -0.1) is 0 Å². The summed E-state index contributed by atoms with van der Waals surface area (Å²) in [5, 5.41) is 4.29. The Kier molecular flexibility index (Phi) is 5.44. The van der Waals surface area contributed by atoms with Gasteiger partial charge in [0.15, 0.2) is 0 Å². The molecule has 0 aliphatic heterocycles. The molecule has 0 radical (unpaired) electrons. The first-order valence-corrected chi connectivity index (χ1v) is 10.3. The van der Waals surface area contributed by atoms with Crippen molar-refractivity contribution in [1.29, 1.82) is 0 Å². The Balaban J connectivity index is 1.83. The van der Waals surface area contributed by atoms with Gasteiger partial charge in [0.1, 0.15) is 5.75 Å². The molecule has 1 aromatic heterocycles. The number of methoxy groups -OCH3 is 1. The van der Waals surface area contributed by atoms with E-state index in [9.17, 15) is 8.42 Å². The number of hydrogen-bond donors (Lipinski definition) is 1. The molecule has 0 atom stereocenters. The minimum Gasteiger partial charge on any atom is -0.495 e. The predicted octanol–water partition coefficient (Wildman–Crippen LogP) is 4.56. The zero-order valence-electron chi connectivity index (χ0n) is 13.4. The van der Waals surface area contributed by atoms with Crippen molar-refractivity contribution >= 4 is 33.0 Å². The van der Waals surface area contributed by atoms with Gasteiger partial charge in [-0.25, -0.2) is 13.1 Å². The normalized spacial score (nSPS) is 11.4. The van der Waals surface area contributed by atoms with Gasteiger partial charge in [0, 0.05) is 6.54 Å². The first kappa shape index (κ1) is 17.9. The summed E-state index contributed by atoms with van der Waals surface area (Å²) < 4.78 is 32.8.